The van der Waals surface area contributed by atoms with Crippen molar-refractivity contribution in [3.8, 4) is 5.75 Å². The molecule has 1 atom stereocenters. The number of rotatable bonds is 5. The Morgan fingerprint density at radius 3 is 2.29 bits per heavy atom. The molecule has 0 radical (unpaired) electrons. The standard InChI is InChI=1S/C11H14O5S/c1-8(11(12)13)7-9-3-5-10(6-4-9)16-17(2,14)15/h3-6,8H,7H2,1-2H3,(H,12,13). The van der Waals surface area contributed by atoms with E-state index in [9.17, 15) is 13.2 Å². The molecule has 0 aliphatic carbocycles. The Hall–Kier alpha value is -1.56. The van der Waals surface area contributed by atoms with Gasteiger partial charge in [-0.3, -0.25) is 4.79 Å². The number of hydrogen-bond acceptors (Lipinski definition) is 4. The van der Waals surface area contributed by atoms with E-state index in [0.717, 1.165) is 11.8 Å². The normalized spacial score (nSPS) is 13.1. The lowest BCUT2D eigenvalue weighted by molar-refractivity contribution is -0.141. The zero-order chi connectivity index (χ0) is 13.1. The van der Waals surface area contributed by atoms with Gasteiger partial charge in [0.05, 0.1) is 12.2 Å². The van der Waals surface area contributed by atoms with Crippen LogP contribution in [-0.4, -0.2) is 25.7 Å². The molecule has 0 spiro atoms. The van der Waals surface area contributed by atoms with Crippen molar-refractivity contribution in [1.82, 2.24) is 0 Å². The van der Waals surface area contributed by atoms with Gasteiger partial charge in [0.15, 0.2) is 0 Å². The molecule has 1 rings (SSSR count). The van der Waals surface area contributed by atoms with E-state index in [1.165, 1.54) is 12.1 Å². The number of carbonyl (C=O) groups is 1. The maximum absolute atomic E-state index is 10.9. The van der Waals surface area contributed by atoms with Gasteiger partial charge in [-0.05, 0) is 24.1 Å². The molecule has 0 aliphatic rings. The Morgan fingerprint density at radius 1 is 1.35 bits per heavy atom. The molecule has 0 heterocycles. The van der Waals surface area contributed by atoms with Crippen molar-refractivity contribution in [3.63, 3.8) is 0 Å². The van der Waals surface area contributed by atoms with Gasteiger partial charge in [-0.15, -0.1) is 0 Å². The van der Waals surface area contributed by atoms with E-state index < -0.39 is 22.0 Å². The molecule has 94 valence electrons. The van der Waals surface area contributed by atoms with Crippen LogP contribution in [0.1, 0.15) is 12.5 Å². The largest absolute Gasteiger partial charge is 0.481 e. The molecule has 0 aromatic heterocycles. The van der Waals surface area contributed by atoms with Crippen LogP contribution in [-0.2, 0) is 21.3 Å². The van der Waals surface area contributed by atoms with Gasteiger partial charge in [-0.1, -0.05) is 19.1 Å². The predicted molar refractivity (Wildman–Crippen MR) is 62.4 cm³/mol. The monoisotopic (exact) mass is 258 g/mol. The van der Waals surface area contributed by atoms with Crippen molar-refractivity contribution < 1.29 is 22.5 Å². The van der Waals surface area contributed by atoms with Crippen molar-refractivity contribution in [1.29, 1.82) is 0 Å². The van der Waals surface area contributed by atoms with Crippen LogP contribution in [0.2, 0.25) is 0 Å². The lowest BCUT2D eigenvalue weighted by atomic mass is 10.0. The van der Waals surface area contributed by atoms with Crippen LogP contribution in [0.5, 0.6) is 5.75 Å². The van der Waals surface area contributed by atoms with Crippen LogP contribution in [0.25, 0.3) is 0 Å². The lowest BCUT2D eigenvalue weighted by Crippen LogP contribution is -2.12. The van der Waals surface area contributed by atoms with Gasteiger partial charge in [0.25, 0.3) is 0 Å². The molecule has 5 nitrogen and oxygen atoms in total. The summed E-state index contributed by atoms with van der Waals surface area (Å²) in [6, 6.07) is 6.32. The van der Waals surface area contributed by atoms with E-state index in [0.29, 0.717) is 6.42 Å². The van der Waals surface area contributed by atoms with E-state index in [4.69, 9.17) is 5.11 Å². The van der Waals surface area contributed by atoms with Crippen molar-refractivity contribution in [2.75, 3.05) is 6.26 Å². The second-order valence-electron chi connectivity index (χ2n) is 3.87. The molecule has 1 aromatic rings. The van der Waals surface area contributed by atoms with E-state index in [-0.39, 0.29) is 5.75 Å². The highest BCUT2D eigenvalue weighted by Gasteiger charge is 2.11. The molecular formula is C11H14O5S. The summed E-state index contributed by atoms with van der Waals surface area (Å²) in [6.07, 6.45) is 1.36. The Kier molecular flexibility index (Phi) is 4.11. The van der Waals surface area contributed by atoms with E-state index >= 15 is 0 Å². The van der Waals surface area contributed by atoms with Gasteiger partial charge in [0, 0.05) is 0 Å². The molecule has 1 N–H and O–H groups in total. The molecule has 0 bridgehead atoms. The fourth-order valence-electron chi connectivity index (χ4n) is 1.30. The van der Waals surface area contributed by atoms with Crippen LogP contribution >= 0.6 is 0 Å². The number of benzene rings is 1. The lowest BCUT2D eigenvalue weighted by Gasteiger charge is -2.07. The quantitative estimate of drug-likeness (QED) is 0.805. The zero-order valence-electron chi connectivity index (χ0n) is 9.58. The molecule has 6 heteroatoms. The Balaban J connectivity index is 2.72. The molecule has 0 saturated carbocycles. The van der Waals surface area contributed by atoms with Crippen LogP contribution in [0.3, 0.4) is 0 Å². The summed E-state index contributed by atoms with van der Waals surface area (Å²) in [4.78, 5) is 10.7. The van der Waals surface area contributed by atoms with E-state index in [1.807, 2.05) is 0 Å². The van der Waals surface area contributed by atoms with Gasteiger partial charge in [0.1, 0.15) is 5.75 Å². The molecule has 0 saturated heterocycles. The van der Waals surface area contributed by atoms with Crippen molar-refractivity contribution in [3.05, 3.63) is 29.8 Å². The van der Waals surface area contributed by atoms with Crippen molar-refractivity contribution in [2.24, 2.45) is 5.92 Å². The van der Waals surface area contributed by atoms with Gasteiger partial charge >= 0.3 is 16.1 Å². The third-order valence-electron chi connectivity index (χ3n) is 2.13. The van der Waals surface area contributed by atoms with E-state index in [1.54, 1.807) is 19.1 Å². The van der Waals surface area contributed by atoms with Gasteiger partial charge in [-0.25, -0.2) is 0 Å². The first kappa shape index (κ1) is 13.5. The SMILES string of the molecule is CC(Cc1ccc(OS(C)(=O)=O)cc1)C(=O)O. The molecule has 1 aromatic carbocycles. The smallest absolute Gasteiger partial charge is 0.306 e. The number of aliphatic carboxylic acids is 1. The summed E-state index contributed by atoms with van der Waals surface area (Å²) in [5, 5.41) is 8.75. The minimum absolute atomic E-state index is 0.222. The Labute approximate surface area is 100 Å². The number of carboxylic acid groups (broad SMARTS) is 1. The molecule has 0 fully saturated rings. The van der Waals surface area contributed by atoms with Crippen molar-refractivity contribution in [2.45, 2.75) is 13.3 Å². The highest BCUT2D eigenvalue weighted by atomic mass is 32.2. The van der Waals surface area contributed by atoms with Crippen molar-refractivity contribution >= 4 is 16.1 Å². The highest BCUT2D eigenvalue weighted by Crippen LogP contribution is 2.16. The predicted octanol–water partition coefficient (Wildman–Crippen LogP) is 1.29. The molecular weight excluding hydrogens is 244 g/mol. The third kappa shape index (κ3) is 4.86. The van der Waals surface area contributed by atoms with Gasteiger partial charge in [-0.2, -0.15) is 8.42 Å². The van der Waals surface area contributed by atoms with Gasteiger partial charge in [0.2, 0.25) is 0 Å². The Morgan fingerprint density at radius 2 is 1.88 bits per heavy atom. The van der Waals surface area contributed by atoms with Gasteiger partial charge < -0.3 is 9.29 Å². The fraction of sp³-hybridized carbons (Fsp3) is 0.364. The fourth-order valence-corrected chi connectivity index (χ4v) is 1.76. The summed E-state index contributed by atoms with van der Waals surface area (Å²) in [6.45, 7) is 1.61. The van der Waals surface area contributed by atoms with Crippen LogP contribution in [0.4, 0.5) is 0 Å². The highest BCUT2D eigenvalue weighted by molar-refractivity contribution is 7.86. The first-order valence-corrected chi connectivity index (χ1v) is 6.81. The molecule has 0 aliphatic heterocycles. The van der Waals surface area contributed by atoms with Crippen LogP contribution in [0.15, 0.2) is 24.3 Å². The minimum atomic E-state index is -3.52. The summed E-state index contributed by atoms with van der Waals surface area (Å²) in [7, 11) is -3.52. The number of carboxylic acids is 1. The maximum atomic E-state index is 10.9. The van der Waals surface area contributed by atoms with Crippen LogP contribution in [0, 0.1) is 5.92 Å². The second-order valence-corrected chi connectivity index (χ2v) is 5.45. The number of hydrogen-bond donors (Lipinski definition) is 1. The molecule has 1 unspecified atom stereocenters. The summed E-state index contributed by atoms with van der Waals surface area (Å²) < 4.78 is 26.4. The average Bonchev–Trinajstić information content (AvgIpc) is 2.18. The first-order chi connectivity index (χ1) is 7.78. The van der Waals surface area contributed by atoms with Crippen LogP contribution < -0.4 is 4.18 Å². The summed E-state index contributed by atoms with van der Waals surface area (Å²) in [5.41, 5.74) is 0.820. The third-order valence-corrected chi connectivity index (χ3v) is 2.63. The summed E-state index contributed by atoms with van der Waals surface area (Å²) in [5.74, 6) is -1.11. The first-order valence-electron chi connectivity index (χ1n) is 4.99. The molecule has 0 amide bonds. The Bertz CT molecular complexity index is 489. The second kappa shape index (κ2) is 5.18. The topological polar surface area (TPSA) is 80.7 Å². The molecule has 17 heavy (non-hydrogen) atoms. The maximum Gasteiger partial charge on any atom is 0.306 e. The summed E-state index contributed by atoms with van der Waals surface area (Å²) >= 11 is 0. The minimum Gasteiger partial charge on any atom is -0.481 e. The average molecular weight is 258 g/mol. The van der Waals surface area contributed by atoms with E-state index in [2.05, 4.69) is 4.18 Å². The zero-order valence-corrected chi connectivity index (χ0v) is 10.4.